The van der Waals surface area contributed by atoms with Crippen LogP contribution in [0.25, 0.3) is 0 Å². The smallest absolute Gasteiger partial charge is 0.305 e. The lowest BCUT2D eigenvalue weighted by molar-refractivity contribution is -0.141. The van der Waals surface area contributed by atoms with Gasteiger partial charge in [0, 0.05) is 20.1 Å². The first-order valence-electron chi connectivity index (χ1n) is 5.95. The summed E-state index contributed by atoms with van der Waals surface area (Å²) in [5.41, 5.74) is 0.300. The van der Waals surface area contributed by atoms with Crippen LogP contribution in [0.1, 0.15) is 46.5 Å². The van der Waals surface area contributed by atoms with Crippen molar-refractivity contribution in [3.63, 3.8) is 0 Å². The molecule has 0 saturated carbocycles. The minimum atomic E-state index is -0.115. The minimum Gasteiger partial charge on any atom is -0.469 e. The van der Waals surface area contributed by atoms with E-state index in [-0.39, 0.29) is 5.97 Å². The quantitative estimate of drug-likeness (QED) is 0.631. The van der Waals surface area contributed by atoms with Gasteiger partial charge in [-0.3, -0.25) is 4.79 Å². The molecule has 0 unspecified atom stereocenters. The Morgan fingerprint density at radius 2 is 1.81 bits per heavy atom. The predicted octanol–water partition coefficient (Wildman–Crippen LogP) is 3.03. The van der Waals surface area contributed by atoms with Crippen molar-refractivity contribution < 1.29 is 14.3 Å². The molecule has 0 rings (SSSR count). The van der Waals surface area contributed by atoms with Crippen LogP contribution in [0.2, 0.25) is 0 Å². The van der Waals surface area contributed by atoms with Gasteiger partial charge in [0.05, 0.1) is 7.11 Å². The first-order chi connectivity index (χ1) is 7.39. The van der Waals surface area contributed by atoms with Gasteiger partial charge in [-0.2, -0.15) is 0 Å². The maximum Gasteiger partial charge on any atom is 0.305 e. The lowest BCUT2D eigenvalue weighted by Gasteiger charge is -2.25. The van der Waals surface area contributed by atoms with E-state index < -0.39 is 0 Å². The van der Waals surface area contributed by atoms with E-state index in [1.54, 1.807) is 7.11 Å². The molecule has 0 amide bonds. The average Bonchev–Trinajstić information content (AvgIpc) is 2.19. The van der Waals surface area contributed by atoms with Gasteiger partial charge in [0.2, 0.25) is 0 Å². The third-order valence-electron chi connectivity index (χ3n) is 2.62. The molecule has 96 valence electrons. The SMILES string of the molecule is COCC[C@H](CCC(=O)OC)CC(C)(C)C. The Labute approximate surface area is 99.5 Å². The van der Waals surface area contributed by atoms with Gasteiger partial charge in [0.15, 0.2) is 0 Å². The number of methoxy groups -OCH3 is 2. The zero-order valence-electron chi connectivity index (χ0n) is 11.3. The zero-order chi connectivity index (χ0) is 12.6. The zero-order valence-corrected chi connectivity index (χ0v) is 11.3. The predicted molar refractivity (Wildman–Crippen MR) is 65.3 cm³/mol. The molecule has 3 heteroatoms. The number of ether oxygens (including phenoxy) is 2. The number of carbonyl (C=O) groups is 1. The molecular formula is C13H26O3. The first-order valence-corrected chi connectivity index (χ1v) is 5.95. The van der Waals surface area contributed by atoms with Crippen LogP contribution in [0.5, 0.6) is 0 Å². The van der Waals surface area contributed by atoms with Crippen molar-refractivity contribution in [3.05, 3.63) is 0 Å². The van der Waals surface area contributed by atoms with Crippen LogP contribution < -0.4 is 0 Å². The highest BCUT2D eigenvalue weighted by atomic mass is 16.5. The molecule has 1 atom stereocenters. The van der Waals surface area contributed by atoms with Crippen molar-refractivity contribution in [1.82, 2.24) is 0 Å². The number of hydrogen-bond acceptors (Lipinski definition) is 3. The molecule has 0 N–H and O–H groups in total. The van der Waals surface area contributed by atoms with Crippen LogP contribution in [0.15, 0.2) is 0 Å². The van der Waals surface area contributed by atoms with Gasteiger partial charge in [-0.05, 0) is 30.6 Å². The Hall–Kier alpha value is -0.570. The normalized spacial score (nSPS) is 13.6. The Morgan fingerprint density at radius 1 is 1.19 bits per heavy atom. The standard InChI is InChI=1S/C13H26O3/c1-13(2,3)10-11(8-9-15-4)6-7-12(14)16-5/h11H,6-10H2,1-5H3/t11-/m0/s1. The second-order valence-corrected chi connectivity index (χ2v) is 5.53. The minimum absolute atomic E-state index is 0.115. The van der Waals surface area contributed by atoms with E-state index in [0.29, 0.717) is 17.8 Å². The highest BCUT2D eigenvalue weighted by Crippen LogP contribution is 2.29. The molecule has 0 aliphatic rings. The number of esters is 1. The number of hydrogen-bond donors (Lipinski definition) is 0. The van der Waals surface area contributed by atoms with Crippen molar-refractivity contribution in [2.45, 2.75) is 46.5 Å². The van der Waals surface area contributed by atoms with Crippen LogP contribution in [0, 0.1) is 11.3 Å². The average molecular weight is 230 g/mol. The Kier molecular flexibility index (Phi) is 7.39. The molecule has 0 fully saturated rings. The van der Waals surface area contributed by atoms with Crippen molar-refractivity contribution in [1.29, 1.82) is 0 Å². The molecule has 0 aromatic carbocycles. The molecule has 0 aromatic heterocycles. The fraction of sp³-hybridized carbons (Fsp3) is 0.923. The monoisotopic (exact) mass is 230 g/mol. The summed E-state index contributed by atoms with van der Waals surface area (Å²) in [6.45, 7) is 7.45. The van der Waals surface area contributed by atoms with Crippen molar-refractivity contribution in [2.24, 2.45) is 11.3 Å². The van der Waals surface area contributed by atoms with E-state index in [9.17, 15) is 4.79 Å². The van der Waals surface area contributed by atoms with E-state index in [2.05, 4.69) is 25.5 Å². The Morgan fingerprint density at radius 3 is 2.25 bits per heavy atom. The molecule has 0 aliphatic carbocycles. The van der Waals surface area contributed by atoms with Gasteiger partial charge >= 0.3 is 5.97 Å². The van der Waals surface area contributed by atoms with Crippen LogP contribution in [-0.4, -0.2) is 26.8 Å². The molecule has 3 nitrogen and oxygen atoms in total. The third kappa shape index (κ3) is 8.72. The molecule has 0 spiro atoms. The molecule has 0 aliphatic heterocycles. The summed E-state index contributed by atoms with van der Waals surface area (Å²) in [5.74, 6) is 0.426. The van der Waals surface area contributed by atoms with Crippen LogP contribution in [0.4, 0.5) is 0 Å². The van der Waals surface area contributed by atoms with Crippen molar-refractivity contribution in [2.75, 3.05) is 20.8 Å². The third-order valence-corrected chi connectivity index (χ3v) is 2.62. The summed E-state index contributed by atoms with van der Waals surface area (Å²) >= 11 is 0. The van der Waals surface area contributed by atoms with Crippen LogP contribution >= 0.6 is 0 Å². The van der Waals surface area contributed by atoms with Crippen molar-refractivity contribution in [3.8, 4) is 0 Å². The highest BCUT2D eigenvalue weighted by Gasteiger charge is 2.19. The maximum atomic E-state index is 11.1. The summed E-state index contributed by atoms with van der Waals surface area (Å²) < 4.78 is 9.77. The molecule has 0 heterocycles. The fourth-order valence-corrected chi connectivity index (χ4v) is 1.92. The van der Waals surface area contributed by atoms with Gasteiger partial charge in [-0.25, -0.2) is 0 Å². The Bertz CT molecular complexity index is 194. The van der Waals surface area contributed by atoms with E-state index >= 15 is 0 Å². The van der Waals surface area contributed by atoms with E-state index in [0.717, 1.165) is 25.9 Å². The molecular weight excluding hydrogens is 204 g/mol. The number of carbonyl (C=O) groups excluding carboxylic acids is 1. The van der Waals surface area contributed by atoms with Gasteiger partial charge in [-0.15, -0.1) is 0 Å². The molecule has 0 bridgehead atoms. The largest absolute Gasteiger partial charge is 0.469 e. The molecule has 16 heavy (non-hydrogen) atoms. The van der Waals surface area contributed by atoms with Crippen molar-refractivity contribution >= 4 is 5.97 Å². The van der Waals surface area contributed by atoms with Crippen LogP contribution in [0.3, 0.4) is 0 Å². The second kappa shape index (κ2) is 7.66. The van der Waals surface area contributed by atoms with E-state index in [1.165, 1.54) is 7.11 Å². The van der Waals surface area contributed by atoms with E-state index in [4.69, 9.17) is 4.74 Å². The molecule has 0 saturated heterocycles. The summed E-state index contributed by atoms with van der Waals surface area (Å²) in [4.78, 5) is 11.1. The van der Waals surface area contributed by atoms with Crippen LogP contribution in [-0.2, 0) is 14.3 Å². The lowest BCUT2D eigenvalue weighted by atomic mass is 9.81. The lowest BCUT2D eigenvalue weighted by Crippen LogP contribution is -2.16. The highest BCUT2D eigenvalue weighted by molar-refractivity contribution is 5.69. The van der Waals surface area contributed by atoms with Gasteiger partial charge < -0.3 is 9.47 Å². The maximum absolute atomic E-state index is 11.1. The van der Waals surface area contributed by atoms with Gasteiger partial charge in [0.25, 0.3) is 0 Å². The molecule has 0 radical (unpaired) electrons. The summed E-state index contributed by atoms with van der Waals surface area (Å²) in [5, 5.41) is 0. The second-order valence-electron chi connectivity index (χ2n) is 5.53. The summed E-state index contributed by atoms with van der Waals surface area (Å²) in [6, 6.07) is 0. The summed E-state index contributed by atoms with van der Waals surface area (Å²) in [7, 11) is 3.16. The van der Waals surface area contributed by atoms with Gasteiger partial charge in [0.1, 0.15) is 0 Å². The number of rotatable bonds is 7. The fourth-order valence-electron chi connectivity index (χ4n) is 1.92. The van der Waals surface area contributed by atoms with Gasteiger partial charge in [-0.1, -0.05) is 20.8 Å². The first kappa shape index (κ1) is 15.4. The Balaban J connectivity index is 4.04. The molecule has 0 aromatic rings. The summed E-state index contributed by atoms with van der Waals surface area (Å²) in [6.07, 6.45) is 3.55. The van der Waals surface area contributed by atoms with E-state index in [1.807, 2.05) is 0 Å². The topological polar surface area (TPSA) is 35.5 Å².